The lowest BCUT2D eigenvalue weighted by Crippen LogP contribution is -2.49. The van der Waals surface area contributed by atoms with Crippen molar-refractivity contribution >= 4 is 10.0 Å². The van der Waals surface area contributed by atoms with Crippen molar-refractivity contribution in [3.63, 3.8) is 0 Å². The summed E-state index contributed by atoms with van der Waals surface area (Å²) in [7, 11) is -3.52. The van der Waals surface area contributed by atoms with Gasteiger partial charge in [-0.2, -0.15) is 4.31 Å². The van der Waals surface area contributed by atoms with Gasteiger partial charge in [-0.25, -0.2) is 8.42 Å². The first-order valence-corrected chi connectivity index (χ1v) is 9.94. The topological polar surface area (TPSA) is 55.8 Å². The van der Waals surface area contributed by atoms with Gasteiger partial charge in [0, 0.05) is 11.6 Å². The fourth-order valence-electron chi connectivity index (χ4n) is 4.14. The Kier molecular flexibility index (Phi) is 3.84. The van der Waals surface area contributed by atoms with Crippen LogP contribution in [-0.2, 0) is 19.5 Å². The number of sulfonamides is 1. The Morgan fingerprint density at radius 3 is 2.46 bits per heavy atom. The second-order valence-electron chi connectivity index (χ2n) is 6.93. The molecule has 0 spiro atoms. The highest BCUT2D eigenvalue weighted by Crippen LogP contribution is 2.45. The van der Waals surface area contributed by atoms with E-state index < -0.39 is 15.8 Å². The van der Waals surface area contributed by atoms with Crippen molar-refractivity contribution < 1.29 is 17.9 Å². The zero-order valence-corrected chi connectivity index (χ0v) is 14.9. The quantitative estimate of drug-likeness (QED) is 0.787. The highest BCUT2D eigenvalue weighted by atomic mass is 32.2. The Morgan fingerprint density at radius 2 is 1.79 bits per heavy atom. The third-order valence-electron chi connectivity index (χ3n) is 5.37. The fraction of sp³-hybridized carbons (Fsp3) is 0.556. The van der Waals surface area contributed by atoms with Crippen molar-refractivity contribution in [2.75, 3.05) is 13.2 Å². The summed E-state index contributed by atoms with van der Waals surface area (Å²) in [6.07, 6.45) is 4.56. The van der Waals surface area contributed by atoms with Crippen LogP contribution in [0.1, 0.15) is 31.7 Å². The van der Waals surface area contributed by atoms with Gasteiger partial charge in [-0.15, -0.1) is 0 Å². The van der Waals surface area contributed by atoms with Gasteiger partial charge in [0.15, 0.2) is 5.79 Å². The van der Waals surface area contributed by atoms with Gasteiger partial charge < -0.3 is 9.47 Å². The smallest absolute Gasteiger partial charge is 0.243 e. The van der Waals surface area contributed by atoms with E-state index >= 15 is 0 Å². The van der Waals surface area contributed by atoms with E-state index in [4.69, 9.17) is 9.47 Å². The molecule has 0 amide bonds. The molecular weight excluding hydrogens is 326 g/mol. The molecule has 0 radical (unpaired) electrons. The molecule has 2 saturated heterocycles. The Labute approximate surface area is 143 Å². The molecule has 2 bridgehead atoms. The lowest BCUT2D eigenvalue weighted by molar-refractivity contribution is -0.116. The molecule has 0 saturated carbocycles. The third-order valence-corrected chi connectivity index (χ3v) is 7.34. The van der Waals surface area contributed by atoms with Crippen molar-refractivity contribution in [2.24, 2.45) is 0 Å². The predicted molar refractivity (Wildman–Crippen MR) is 90.0 cm³/mol. The number of benzene rings is 1. The van der Waals surface area contributed by atoms with E-state index in [1.165, 1.54) is 0 Å². The van der Waals surface area contributed by atoms with Crippen LogP contribution in [0.3, 0.4) is 0 Å². The lowest BCUT2D eigenvalue weighted by Gasteiger charge is -2.39. The zero-order valence-electron chi connectivity index (χ0n) is 14.1. The molecule has 24 heavy (non-hydrogen) atoms. The van der Waals surface area contributed by atoms with Gasteiger partial charge in [0.1, 0.15) is 0 Å². The van der Waals surface area contributed by atoms with Gasteiger partial charge in [-0.05, 0) is 45.2 Å². The average Bonchev–Trinajstić information content (AvgIpc) is 3.12. The normalized spacial score (nSPS) is 29.7. The molecule has 6 heteroatoms. The molecule has 1 aromatic rings. The van der Waals surface area contributed by atoms with Crippen LogP contribution in [0.15, 0.2) is 40.8 Å². The summed E-state index contributed by atoms with van der Waals surface area (Å²) in [5.74, 6) is -0.791. The van der Waals surface area contributed by atoms with E-state index in [0.717, 1.165) is 30.4 Å². The largest absolute Gasteiger partial charge is 0.344 e. The predicted octanol–water partition coefficient (Wildman–Crippen LogP) is 2.61. The Hall–Kier alpha value is -1.21. The van der Waals surface area contributed by atoms with Crippen LogP contribution in [0.4, 0.5) is 0 Å². The van der Waals surface area contributed by atoms with E-state index in [1.807, 2.05) is 26.0 Å². The molecular formula is C18H23NO4S. The maximum absolute atomic E-state index is 13.2. The summed E-state index contributed by atoms with van der Waals surface area (Å²) in [5, 5.41) is 0. The number of hydrogen-bond donors (Lipinski definition) is 0. The molecule has 0 aliphatic carbocycles. The van der Waals surface area contributed by atoms with E-state index in [2.05, 4.69) is 6.08 Å². The van der Waals surface area contributed by atoms with E-state index in [0.29, 0.717) is 18.1 Å². The molecule has 2 fully saturated rings. The second-order valence-corrected chi connectivity index (χ2v) is 8.78. The third kappa shape index (κ3) is 2.44. The lowest BCUT2D eigenvalue weighted by atomic mass is 9.96. The zero-order chi connectivity index (χ0) is 16.9. The van der Waals surface area contributed by atoms with Crippen molar-refractivity contribution in [3.05, 3.63) is 41.5 Å². The molecule has 1 aromatic carbocycles. The fourth-order valence-corrected chi connectivity index (χ4v) is 6.00. The minimum Gasteiger partial charge on any atom is -0.344 e. The number of ether oxygens (including phenoxy) is 2. The van der Waals surface area contributed by atoms with Crippen LogP contribution in [0.5, 0.6) is 0 Å². The molecule has 130 valence electrons. The first kappa shape index (κ1) is 16.3. The van der Waals surface area contributed by atoms with E-state index in [9.17, 15) is 8.42 Å². The molecule has 4 rings (SSSR count). The molecule has 0 unspecified atom stereocenters. The Bertz CT molecular complexity index is 763. The summed E-state index contributed by atoms with van der Waals surface area (Å²) in [6, 6.07) is 6.96. The summed E-state index contributed by atoms with van der Waals surface area (Å²) in [4.78, 5) is 0.365. The van der Waals surface area contributed by atoms with Gasteiger partial charge in [-0.3, -0.25) is 0 Å². The summed E-state index contributed by atoms with van der Waals surface area (Å²) < 4.78 is 39.8. The number of aryl methyl sites for hydroxylation is 1. The van der Waals surface area contributed by atoms with Gasteiger partial charge in [0.05, 0.1) is 24.2 Å². The number of fused-ring (bicyclic) bond motifs is 2. The van der Waals surface area contributed by atoms with Crippen LogP contribution >= 0.6 is 0 Å². The number of hydrogen-bond acceptors (Lipinski definition) is 4. The number of rotatable bonds is 3. The minimum atomic E-state index is -3.52. The van der Waals surface area contributed by atoms with E-state index in [1.54, 1.807) is 16.4 Å². The first-order valence-electron chi connectivity index (χ1n) is 8.50. The maximum atomic E-state index is 13.2. The first-order chi connectivity index (χ1) is 11.4. The minimum absolute atomic E-state index is 0.0371. The molecule has 3 aliphatic heterocycles. The number of nitrogens with zero attached hydrogens (tertiary/aromatic N) is 1. The standard InChI is InChI=1S/C18H23NO4S/c1-13-3-7-15(8-4-13)24(20,21)19-14-5-9-16(17(19)10-6-14)18(2)22-11-12-23-18/h3-4,7-9,14,17H,5-6,10-12H2,1-2H3/t14-,17-/m0/s1. The monoisotopic (exact) mass is 349 g/mol. The van der Waals surface area contributed by atoms with Crippen LogP contribution in [-0.4, -0.2) is 43.8 Å². The molecule has 3 heterocycles. The van der Waals surface area contributed by atoms with E-state index in [-0.39, 0.29) is 12.1 Å². The van der Waals surface area contributed by atoms with Crippen LogP contribution < -0.4 is 0 Å². The molecule has 3 aliphatic rings. The van der Waals surface area contributed by atoms with Crippen LogP contribution in [0.2, 0.25) is 0 Å². The Balaban J connectivity index is 1.71. The molecule has 2 atom stereocenters. The van der Waals surface area contributed by atoms with Crippen molar-refractivity contribution in [2.45, 2.75) is 55.9 Å². The maximum Gasteiger partial charge on any atom is 0.243 e. The SMILES string of the molecule is Cc1ccc(S(=O)(=O)N2[C@H]3CC=C(C4(C)OCCO4)[C@@H]2CC3)cc1. The van der Waals surface area contributed by atoms with Crippen molar-refractivity contribution in [1.29, 1.82) is 0 Å². The molecule has 0 N–H and O–H groups in total. The van der Waals surface area contributed by atoms with Gasteiger partial charge in [0.2, 0.25) is 10.0 Å². The van der Waals surface area contributed by atoms with Crippen molar-refractivity contribution in [1.82, 2.24) is 4.31 Å². The van der Waals surface area contributed by atoms with Gasteiger partial charge in [0.25, 0.3) is 0 Å². The summed E-state index contributed by atoms with van der Waals surface area (Å²) in [5.41, 5.74) is 2.01. The van der Waals surface area contributed by atoms with Crippen LogP contribution in [0, 0.1) is 6.92 Å². The highest BCUT2D eigenvalue weighted by Gasteiger charge is 2.51. The molecule has 0 aromatic heterocycles. The van der Waals surface area contributed by atoms with Crippen LogP contribution in [0.25, 0.3) is 0 Å². The summed E-state index contributed by atoms with van der Waals surface area (Å²) >= 11 is 0. The van der Waals surface area contributed by atoms with Gasteiger partial charge in [-0.1, -0.05) is 23.8 Å². The van der Waals surface area contributed by atoms with Crippen molar-refractivity contribution in [3.8, 4) is 0 Å². The Morgan fingerprint density at radius 1 is 1.12 bits per heavy atom. The summed E-state index contributed by atoms with van der Waals surface area (Å²) in [6.45, 7) is 4.96. The van der Waals surface area contributed by atoms with Gasteiger partial charge >= 0.3 is 0 Å². The molecule has 5 nitrogen and oxygen atoms in total. The average molecular weight is 349 g/mol. The highest BCUT2D eigenvalue weighted by molar-refractivity contribution is 7.89. The second kappa shape index (κ2) is 5.66.